The first kappa shape index (κ1) is 53.8. The Balaban J connectivity index is 2.43. The second kappa shape index (κ2) is 21.8. The van der Waals surface area contributed by atoms with Crippen LogP contribution >= 0.6 is 0 Å². The molecule has 6 amide bonds. The summed E-state index contributed by atoms with van der Waals surface area (Å²) in [6, 6.07) is 5.35. The van der Waals surface area contributed by atoms with E-state index in [1.165, 1.54) is 16.8 Å². The normalized spacial score (nSPS) is 15.6. The van der Waals surface area contributed by atoms with Gasteiger partial charge in [0.1, 0.15) is 23.3 Å². The Morgan fingerprint density at radius 3 is 1.79 bits per heavy atom. The Bertz CT molecular complexity index is 1880. The molecule has 0 radical (unpaired) electrons. The van der Waals surface area contributed by atoms with Gasteiger partial charge < -0.3 is 25.0 Å². The lowest BCUT2D eigenvalue weighted by Crippen LogP contribution is -2.63. The van der Waals surface area contributed by atoms with E-state index in [1.807, 2.05) is 78.8 Å². The van der Waals surface area contributed by atoms with Gasteiger partial charge in [0, 0.05) is 56.6 Å². The molecule has 350 valence electrons. The van der Waals surface area contributed by atoms with Crippen LogP contribution in [0.3, 0.4) is 0 Å². The average Bonchev–Trinajstić information content (AvgIpc) is 3.47. The highest BCUT2D eigenvalue weighted by Crippen LogP contribution is 2.32. The molecule has 15 nitrogen and oxygen atoms in total. The minimum Gasteiger partial charge on any atom is -0.460 e. The van der Waals surface area contributed by atoms with Crippen LogP contribution in [-0.4, -0.2) is 118 Å². The van der Waals surface area contributed by atoms with Crippen molar-refractivity contribution in [1.82, 2.24) is 25.3 Å². The molecule has 0 unspecified atom stereocenters. The molecule has 0 saturated carbocycles. The third kappa shape index (κ3) is 16.1. The fourth-order valence-electron chi connectivity index (χ4n) is 7.23. The highest BCUT2D eigenvalue weighted by molar-refractivity contribution is 6.12. The molecule has 15 heteroatoms. The van der Waals surface area contributed by atoms with Crippen molar-refractivity contribution in [3.05, 3.63) is 59.7 Å². The van der Waals surface area contributed by atoms with Crippen LogP contribution in [0.5, 0.6) is 0 Å². The molecule has 0 aliphatic carbocycles. The zero-order valence-electron chi connectivity index (χ0n) is 40.5. The number of benzene rings is 1. The van der Waals surface area contributed by atoms with Crippen molar-refractivity contribution >= 4 is 47.4 Å². The smallest absolute Gasteiger partial charge is 0.410 e. The summed E-state index contributed by atoms with van der Waals surface area (Å²) < 4.78 is 11.1. The van der Waals surface area contributed by atoms with Gasteiger partial charge in [-0.25, -0.2) is 4.79 Å². The van der Waals surface area contributed by atoms with E-state index >= 15 is 0 Å². The number of nitrogens with one attached hydrogen (secondary N) is 2. The number of Topliss-reactive ketones (excluding diaryl/α,β-unsaturated/α-hetero) is 1. The van der Waals surface area contributed by atoms with Crippen molar-refractivity contribution in [2.75, 3.05) is 20.6 Å². The van der Waals surface area contributed by atoms with Gasteiger partial charge in [-0.1, -0.05) is 84.9 Å². The van der Waals surface area contributed by atoms with Gasteiger partial charge >= 0.3 is 12.1 Å². The molecule has 1 aliphatic rings. The number of amides is 6. The first-order valence-electron chi connectivity index (χ1n) is 21.6. The third-order valence-electron chi connectivity index (χ3n) is 10.6. The van der Waals surface area contributed by atoms with E-state index in [2.05, 4.69) is 10.6 Å². The number of carbonyl (C=O) groups excluding carboxylic acids is 8. The van der Waals surface area contributed by atoms with Crippen LogP contribution in [0.25, 0.3) is 0 Å². The molecule has 2 rings (SSSR count). The monoisotopic (exact) mass is 880 g/mol. The second-order valence-corrected chi connectivity index (χ2v) is 20.3. The van der Waals surface area contributed by atoms with E-state index in [0.29, 0.717) is 0 Å². The van der Waals surface area contributed by atoms with E-state index in [1.54, 1.807) is 61.6 Å². The zero-order chi connectivity index (χ0) is 48.4. The van der Waals surface area contributed by atoms with Crippen molar-refractivity contribution in [3.63, 3.8) is 0 Å². The third-order valence-corrected chi connectivity index (χ3v) is 10.6. The molecule has 63 heavy (non-hydrogen) atoms. The van der Waals surface area contributed by atoms with E-state index in [0.717, 1.165) is 22.6 Å². The Morgan fingerprint density at radius 1 is 0.762 bits per heavy atom. The van der Waals surface area contributed by atoms with E-state index in [9.17, 15) is 38.4 Å². The summed E-state index contributed by atoms with van der Waals surface area (Å²) in [5.41, 5.74) is -2.38. The van der Waals surface area contributed by atoms with Crippen molar-refractivity contribution in [2.45, 2.75) is 163 Å². The summed E-state index contributed by atoms with van der Waals surface area (Å²) >= 11 is 0. The summed E-state index contributed by atoms with van der Waals surface area (Å²) in [5.74, 6) is -3.71. The van der Waals surface area contributed by atoms with Crippen LogP contribution in [0.15, 0.2) is 54.1 Å². The van der Waals surface area contributed by atoms with Gasteiger partial charge in [0.15, 0.2) is 5.78 Å². The summed E-state index contributed by atoms with van der Waals surface area (Å²) in [5, 5.41) is 5.76. The molecule has 1 aromatic carbocycles. The molecular weight excluding hydrogens is 807 g/mol. The Labute approximate surface area is 374 Å². The molecule has 0 saturated heterocycles. The van der Waals surface area contributed by atoms with Crippen LogP contribution in [0.2, 0.25) is 0 Å². The number of imide groups is 1. The maximum Gasteiger partial charge on any atom is 0.410 e. The lowest BCUT2D eigenvalue weighted by Gasteiger charge is -2.42. The average molecular weight is 880 g/mol. The number of hydrogen-bond acceptors (Lipinski definition) is 10. The van der Waals surface area contributed by atoms with Crippen LogP contribution < -0.4 is 10.6 Å². The van der Waals surface area contributed by atoms with Gasteiger partial charge in [-0.3, -0.25) is 43.4 Å². The highest BCUT2D eigenvalue weighted by atomic mass is 16.6. The number of ether oxygens (including phenoxy) is 2. The van der Waals surface area contributed by atoms with Gasteiger partial charge in [0.2, 0.25) is 17.7 Å². The van der Waals surface area contributed by atoms with Crippen LogP contribution in [0.1, 0.15) is 128 Å². The summed E-state index contributed by atoms with van der Waals surface area (Å²) in [6.07, 6.45) is 3.10. The number of rotatable bonds is 19. The van der Waals surface area contributed by atoms with Gasteiger partial charge in [-0.05, 0) is 78.2 Å². The topological polar surface area (TPSA) is 189 Å². The van der Waals surface area contributed by atoms with E-state index in [-0.39, 0.29) is 43.7 Å². The van der Waals surface area contributed by atoms with Crippen LogP contribution in [0, 0.1) is 11.3 Å². The van der Waals surface area contributed by atoms with E-state index in [4.69, 9.17) is 9.47 Å². The van der Waals surface area contributed by atoms with Gasteiger partial charge in [0.25, 0.3) is 11.8 Å². The predicted octanol–water partition coefficient (Wildman–Crippen LogP) is 6.04. The maximum absolute atomic E-state index is 14.6. The first-order valence-corrected chi connectivity index (χ1v) is 21.6. The molecule has 1 aromatic rings. The minimum atomic E-state index is -1.11. The summed E-state index contributed by atoms with van der Waals surface area (Å²) in [4.78, 5) is 111. The second-order valence-electron chi connectivity index (χ2n) is 20.3. The molecule has 1 heterocycles. The largest absolute Gasteiger partial charge is 0.460 e. The van der Waals surface area contributed by atoms with Gasteiger partial charge in [0.05, 0.1) is 12.1 Å². The fourth-order valence-corrected chi connectivity index (χ4v) is 7.23. The molecule has 0 bridgehead atoms. The van der Waals surface area contributed by atoms with Crippen molar-refractivity contribution in [2.24, 2.45) is 11.3 Å². The minimum absolute atomic E-state index is 0.0143. The zero-order valence-corrected chi connectivity index (χ0v) is 40.5. The maximum atomic E-state index is 14.6. The number of likely N-dealkylation sites (N-methyl/N-ethyl adjacent to an activating group) is 2. The van der Waals surface area contributed by atoms with Crippen LogP contribution in [-0.2, 0) is 48.5 Å². The molecule has 0 aromatic heterocycles. The number of carbonyl (C=O) groups is 8. The summed E-state index contributed by atoms with van der Waals surface area (Å²) in [6.45, 7) is 24.9. The molecule has 0 spiro atoms. The Morgan fingerprint density at radius 2 is 1.30 bits per heavy atom. The predicted molar refractivity (Wildman–Crippen MR) is 241 cm³/mol. The van der Waals surface area contributed by atoms with Crippen molar-refractivity contribution < 1.29 is 47.8 Å². The lowest BCUT2D eigenvalue weighted by atomic mass is 9.76. The Hall–Kier alpha value is -5.34. The SMILES string of the molecule is C/C(=C\[C@H](C(C)C)N(C)C(=O)[C@@H](NC(=O)[C@@H](N(C)C(=O)OC(C)(C)C)C(C)(C)c1ccccc1)C(C)(C)C)C(=O)N[C@H](CCC(=O)OC(C)(C)C)C(=O)CCCN1C(=O)C=CC1=O. The number of hydrogen-bond donors (Lipinski definition) is 2. The quantitative estimate of drug-likeness (QED) is 0.0942. The lowest BCUT2D eigenvalue weighted by molar-refractivity contribution is -0.155. The van der Waals surface area contributed by atoms with Gasteiger partial charge in [-0.2, -0.15) is 0 Å². The highest BCUT2D eigenvalue weighted by Gasteiger charge is 2.46. The number of esters is 1. The molecule has 0 fully saturated rings. The molecular formula is C48H73N5O10. The van der Waals surface area contributed by atoms with Crippen LogP contribution in [0.4, 0.5) is 4.79 Å². The van der Waals surface area contributed by atoms with E-state index < -0.39 is 93.6 Å². The number of nitrogens with zero attached hydrogens (tertiary/aromatic N) is 3. The number of ketones is 1. The molecule has 2 N–H and O–H groups in total. The first-order chi connectivity index (χ1) is 28.8. The van der Waals surface area contributed by atoms with Gasteiger partial charge in [-0.15, -0.1) is 0 Å². The van der Waals surface area contributed by atoms with Crippen molar-refractivity contribution in [3.8, 4) is 0 Å². The van der Waals surface area contributed by atoms with Crippen molar-refractivity contribution in [1.29, 1.82) is 0 Å². The standard InChI is InChI=1S/C48H73N5O10/c1-30(2)34(29-31(3)41(58)49-33(24-27-38(57)62-46(7,8)9)35(54)23-20-28-53-36(55)25-26-37(53)56)51(15)43(60)39(45(4,5)6)50-42(59)40(52(16)44(61)63-47(10,11)12)48(13,14)32-21-18-17-19-22-32/h17-19,21-22,25-26,29-30,33-34,39-40H,20,23-24,27-28H2,1-16H3,(H,49,58)(H,50,59)/b31-29+/t33-,34-,39-,40-/m1/s1. The molecule has 4 atom stereocenters. The Kier molecular flexibility index (Phi) is 18.6. The molecule has 1 aliphatic heterocycles. The fraction of sp³-hybridized carbons (Fsp3) is 0.625. The summed E-state index contributed by atoms with van der Waals surface area (Å²) in [7, 11) is 3.10.